The van der Waals surface area contributed by atoms with Crippen LogP contribution in [0.2, 0.25) is 0 Å². The number of carbonyl (C=O) groups is 2. The van der Waals surface area contributed by atoms with Gasteiger partial charge in [-0.3, -0.25) is 4.79 Å². The Kier molecular flexibility index (Phi) is 6.56. The number of carboxylic acid groups (broad SMARTS) is 1. The zero-order valence-electron chi connectivity index (χ0n) is 14.9. The maximum atomic E-state index is 12.3. The van der Waals surface area contributed by atoms with Gasteiger partial charge in [-0.2, -0.15) is 13.2 Å². The van der Waals surface area contributed by atoms with Crippen molar-refractivity contribution in [2.75, 3.05) is 13.7 Å². The first-order valence-electron chi connectivity index (χ1n) is 8.56. The van der Waals surface area contributed by atoms with Crippen molar-refractivity contribution in [2.45, 2.75) is 50.2 Å². The highest BCUT2D eigenvalue weighted by Crippen LogP contribution is 2.31. The van der Waals surface area contributed by atoms with Gasteiger partial charge in [-0.1, -0.05) is 18.9 Å². The van der Waals surface area contributed by atoms with E-state index in [1.807, 2.05) is 0 Å². The number of ether oxygens (including phenoxy) is 2. The summed E-state index contributed by atoms with van der Waals surface area (Å²) >= 11 is 0. The number of aryl methyl sites for hydroxylation is 1. The zero-order chi connectivity index (χ0) is 20.1. The van der Waals surface area contributed by atoms with Crippen LogP contribution in [0, 0.1) is 0 Å². The molecule has 0 aliphatic heterocycles. The Bertz CT molecular complexity index is 684. The molecular weight excluding hydrogens is 367 g/mol. The predicted octanol–water partition coefficient (Wildman–Crippen LogP) is 3.08. The number of carboxylic acids is 1. The van der Waals surface area contributed by atoms with E-state index in [1.54, 1.807) is 6.07 Å². The number of amides is 1. The largest absolute Gasteiger partial charge is 0.493 e. The second-order valence-corrected chi connectivity index (χ2v) is 6.53. The summed E-state index contributed by atoms with van der Waals surface area (Å²) in [7, 11) is 1.31. The predicted molar refractivity (Wildman–Crippen MR) is 89.8 cm³/mol. The lowest BCUT2D eigenvalue weighted by molar-refractivity contribution is -0.153. The summed E-state index contributed by atoms with van der Waals surface area (Å²) in [6.07, 6.45) is -1.78. The summed E-state index contributed by atoms with van der Waals surface area (Å²) in [5.41, 5.74) is -0.526. The van der Waals surface area contributed by atoms with Gasteiger partial charge in [-0.15, -0.1) is 0 Å². The molecule has 1 aliphatic rings. The molecule has 0 bridgehead atoms. The number of carbonyl (C=O) groups excluding carboxylic acids is 1. The third-order valence-electron chi connectivity index (χ3n) is 4.51. The summed E-state index contributed by atoms with van der Waals surface area (Å²) < 4.78 is 46.6. The van der Waals surface area contributed by atoms with Gasteiger partial charge in [0.1, 0.15) is 5.54 Å². The SMILES string of the molecule is COc1cc(CCC(=O)NC2(C(=O)O)CCCC2)ccc1OCC(F)(F)F. The van der Waals surface area contributed by atoms with E-state index in [0.29, 0.717) is 18.4 Å². The molecule has 1 amide bonds. The number of halogens is 3. The van der Waals surface area contributed by atoms with Crippen molar-refractivity contribution in [3.05, 3.63) is 23.8 Å². The van der Waals surface area contributed by atoms with E-state index in [4.69, 9.17) is 9.47 Å². The van der Waals surface area contributed by atoms with Gasteiger partial charge in [0.25, 0.3) is 0 Å². The van der Waals surface area contributed by atoms with Gasteiger partial charge in [-0.25, -0.2) is 4.79 Å². The number of hydrogen-bond acceptors (Lipinski definition) is 4. The van der Waals surface area contributed by atoms with E-state index in [-0.39, 0.29) is 30.2 Å². The van der Waals surface area contributed by atoms with E-state index < -0.39 is 24.3 Å². The molecule has 0 saturated heterocycles. The minimum Gasteiger partial charge on any atom is -0.493 e. The Labute approximate surface area is 154 Å². The Morgan fingerprint density at radius 1 is 1.22 bits per heavy atom. The van der Waals surface area contributed by atoms with Crippen molar-refractivity contribution < 1.29 is 37.3 Å². The lowest BCUT2D eigenvalue weighted by Crippen LogP contribution is -2.52. The quantitative estimate of drug-likeness (QED) is 0.714. The molecule has 1 aromatic rings. The molecule has 1 aromatic carbocycles. The van der Waals surface area contributed by atoms with Gasteiger partial charge in [0.2, 0.25) is 5.91 Å². The van der Waals surface area contributed by atoms with Crippen LogP contribution in [0.1, 0.15) is 37.7 Å². The molecule has 9 heteroatoms. The maximum Gasteiger partial charge on any atom is 0.422 e. The van der Waals surface area contributed by atoms with Crippen molar-refractivity contribution >= 4 is 11.9 Å². The highest BCUT2D eigenvalue weighted by molar-refractivity contribution is 5.87. The summed E-state index contributed by atoms with van der Waals surface area (Å²) in [4.78, 5) is 23.6. The molecule has 0 radical (unpaired) electrons. The molecule has 6 nitrogen and oxygen atoms in total. The molecule has 0 heterocycles. The van der Waals surface area contributed by atoms with E-state index in [2.05, 4.69) is 5.32 Å². The summed E-state index contributed by atoms with van der Waals surface area (Å²) in [6.45, 7) is -1.43. The van der Waals surface area contributed by atoms with Crippen LogP contribution in [0.5, 0.6) is 11.5 Å². The Morgan fingerprint density at radius 2 is 1.89 bits per heavy atom. The molecule has 150 valence electrons. The van der Waals surface area contributed by atoms with Crippen LogP contribution in [0.25, 0.3) is 0 Å². The lowest BCUT2D eigenvalue weighted by atomic mass is 9.97. The highest BCUT2D eigenvalue weighted by Gasteiger charge is 2.42. The molecule has 0 atom stereocenters. The molecule has 1 fully saturated rings. The van der Waals surface area contributed by atoms with Crippen LogP contribution in [0.4, 0.5) is 13.2 Å². The molecule has 2 N–H and O–H groups in total. The van der Waals surface area contributed by atoms with Gasteiger partial charge >= 0.3 is 12.1 Å². The molecule has 1 aliphatic carbocycles. The molecule has 1 saturated carbocycles. The van der Waals surface area contributed by atoms with E-state index >= 15 is 0 Å². The molecule has 2 rings (SSSR count). The first-order chi connectivity index (χ1) is 12.6. The smallest absolute Gasteiger partial charge is 0.422 e. The van der Waals surface area contributed by atoms with Crippen LogP contribution in [0.15, 0.2) is 18.2 Å². The third kappa shape index (κ3) is 5.77. The topological polar surface area (TPSA) is 84.9 Å². The van der Waals surface area contributed by atoms with Gasteiger partial charge in [0.15, 0.2) is 18.1 Å². The summed E-state index contributed by atoms with van der Waals surface area (Å²) in [6, 6.07) is 4.40. The Balaban J connectivity index is 1.95. The van der Waals surface area contributed by atoms with Gasteiger partial charge in [-0.05, 0) is 37.0 Å². The van der Waals surface area contributed by atoms with Crippen LogP contribution in [-0.2, 0) is 16.0 Å². The Hall–Kier alpha value is -2.45. The summed E-state index contributed by atoms with van der Waals surface area (Å²) in [5, 5.41) is 12.0. The van der Waals surface area contributed by atoms with Crippen molar-refractivity contribution in [1.82, 2.24) is 5.32 Å². The molecular formula is C18H22F3NO5. The van der Waals surface area contributed by atoms with Crippen LogP contribution < -0.4 is 14.8 Å². The third-order valence-corrected chi connectivity index (χ3v) is 4.51. The number of rotatable bonds is 8. The number of aliphatic carboxylic acids is 1. The molecule has 27 heavy (non-hydrogen) atoms. The average Bonchev–Trinajstić information content (AvgIpc) is 3.07. The second-order valence-electron chi connectivity index (χ2n) is 6.53. The normalized spacial score (nSPS) is 16.0. The molecule has 0 aromatic heterocycles. The summed E-state index contributed by atoms with van der Waals surface area (Å²) in [5.74, 6) is -1.31. The fraction of sp³-hybridized carbons (Fsp3) is 0.556. The number of methoxy groups -OCH3 is 1. The minimum atomic E-state index is -4.46. The van der Waals surface area contributed by atoms with E-state index in [0.717, 1.165) is 12.8 Å². The van der Waals surface area contributed by atoms with Gasteiger partial charge in [0.05, 0.1) is 7.11 Å². The standard InChI is InChI=1S/C18H22F3NO5/c1-26-14-10-12(4-6-13(14)27-11-18(19,20)21)5-7-15(23)22-17(16(24)25)8-2-3-9-17/h4,6,10H,2-3,5,7-9,11H2,1H3,(H,22,23)(H,24,25). The number of benzene rings is 1. The molecule has 0 spiro atoms. The lowest BCUT2D eigenvalue weighted by Gasteiger charge is -2.25. The van der Waals surface area contributed by atoms with Crippen LogP contribution in [0.3, 0.4) is 0 Å². The monoisotopic (exact) mass is 389 g/mol. The van der Waals surface area contributed by atoms with Crippen molar-refractivity contribution in [3.63, 3.8) is 0 Å². The first kappa shape index (κ1) is 20.9. The number of hydrogen-bond donors (Lipinski definition) is 2. The first-order valence-corrected chi connectivity index (χ1v) is 8.56. The van der Waals surface area contributed by atoms with Crippen molar-refractivity contribution in [1.29, 1.82) is 0 Å². The van der Waals surface area contributed by atoms with Crippen molar-refractivity contribution in [2.24, 2.45) is 0 Å². The Morgan fingerprint density at radius 3 is 2.44 bits per heavy atom. The fourth-order valence-corrected chi connectivity index (χ4v) is 3.10. The van der Waals surface area contributed by atoms with Gasteiger partial charge < -0.3 is 19.9 Å². The number of nitrogens with one attached hydrogen (secondary N) is 1. The second kappa shape index (κ2) is 8.49. The van der Waals surface area contributed by atoms with E-state index in [9.17, 15) is 27.9 Å². The molecule has 0 unspecified atom stereocenters. The van der Waals surface area contributed by atoms with Crippen molar-refractivity contribution in [3.8, 4) is 11.5 Å². The minimum absolute atomic E-state index is 0.0428. The van der Waals surface area contributed by atoms with E-state index in [1.165, 1.54) is 19.2 Å². The number of alkyl halides is 3. The zero-order valence-corrected chi connectivity index (χ0v) is 14.9. The highest BCUT2D eigenvalue weighted by atomic mass is 19.4. The fourth-order valence-electron chi connectivity index (χ4n) is 3.10. The maximum absolute atomic E-state index is 12.3. The van der Waals surface area contributed by atoms with Crippen LogP contribution in [-0.4, -0.2) is 42.4 Å². The van der Waals surface area contributed by atoms with Crippen LogP contribution >= 0.6 is 0 Å². The van der Waals surface area contributed by atoms with Gasteiger partial charge in [0, 0.05) is 6.42 Å². The average molecular weight is 389 g/mol.